The van der Waals surface area contributed by atoms with Crippen LogP contribution >= 0.6 is 21.8 Å². The first-order chi connectivity index (χ1) is 17.0. The standard InChI is InChI=1S/C22H14ClF6N5O2S/c1-34-7-13(17-20(30)31-9-32-21(17)34)11-3-4-12-14(8-36-19(12)18(11)23)22(35)33-16-6-10(2-5-15(16)24)37(25,26,27,28)29/h2-9H,1H3,(H,33,35)(H2,30,31,32). The zero-order chi connectivity index (χ0) is 27.0. The third-order valence-corrected chi connectivity index (χ3v) is 7.15. The van der Waals surface area contributed by atoms with Crippen molar-refractivity contribution >= 4 is 61.2 Å². The van der Waals surface area contributed by atoms with Gasteiger partial charge in [-0.15, -0.1) is 0 Å². The van der Waals surface area contributed by atoms with Crippen LogP contribution in [0.2, 0.25) is 5.02 Å². The molecule has 5 aromatic rings. The predicted molar refractivity (Wildman–Crippen MR) is 129 cm³/mol. The van der Waals surface area contributed by atoms with Crippen molar-refractivity contribution in [2.24, 2.45) is 7.05 Å². The van der Waals surface area contributed by atoms with Gasteiger partial charge < -0.3 is 20.0 Å². The maximum Gasteiger partial charge on any atom is 0.310 e. The molecule has 0 saturated heterocycles. The smallest absolute Gasteiger partial charge is 0.310 e. The van der Waals surface area contributed by atoms with E-state index in [1.165, 1.54) is 12.4 Å². The molecule has 0 aliphatic carbocycles. The number of hydrogen-bond donors (Lipinski definition) is 2. The van der Waals surface area contributed by atoms with Crippen LogP contribution in [0.3, 0.4) is 0 Å². The Labute approximate surface area is 208 Å². The van der Waals surface area contributed by atoms with Crippen molar-refractivity contribution in [2.75, 3.05) is 11.1 Å². The second kappa shape index (κ2) is 7.32. The van der Waals surface area contributed by atoms with Gasteiger partial charge in [0.2, 0.25) is 0 Å². The Morgan fingerprint density at radius 2 is 1.84 bits per heavy atom. The second-order valence-electron chi connectivity index (χ2n) is 8.13. The largest absolute Gasteiger partial charge is 0.462 e. The maximum absolute atomic E-state index is 14.1. The molecule has 3 aromatic heterocycles. The quantitative estimate of drug-likeness (QED) is 0.219. The van der Waals surface area contributed by atoms with Crippen LogP contribution in [0.4, 0.5) is 35.3 Å². The van der Waals surface area contributed by atoms with Gasteiger partial charge in [0, 0.05) is 29.8 Å². The van der Waals surface area contributed by atoms with Crippen LogP contribution < -0.4 is 11.1 Å². The van der Waals surface area contributed by atoms with E-state index in [9.17, 15) is 28.6 Å². The third kappa shape index (κ3) is 4.21. The van der Waals surface area contributed by atoms with Gasteiger partial charge in [0.05, 0.1) is 21.7 Å². The zero-order valence-corrected chi connectivity index (χ0v) is 20.0. The van der Waals surface area contributed by atoms with Crippen LogP contribution in [-0.4, -0.2) is 20.4 Å². The monoisotopic (exact) mass is 561 g/mol. The first-order valence-corrected chi connectivity index (χ1v) is 12.5. The normalized spacial score (nSPS) is 14.1. The van der Waals surface area contributed by atoms with Gasteiger partial charge in [-0.05, 0) is 24.3 Å². The van der Waals surface area contributed by atoms with E-state index in [0.717, 1.165) is 6.26 Å². The Morgan fingerprint density at radius 1 is 1.11 bits per heavy atom. The number of nitrogens with zero attached hydrogens (tertiary/aromatic N) is 3. The lowest BCUT2D eigenvalue weighted by Crippen LogP contribution is -2.14. The lowest BCUT2D eigenvalue weighted by Gasteiger charge is -2.40. The Kier molecular flexibility index (Phi) is 4.90. The van der Waals surface area contributed by atoms with Crippen LogP contribution in [0.25, 0.3) is 33.1 Å². The minimum absolute atomic E-state index is 0.0398. The number of aromatic nitrogens is 3. The SMILES string of the molecule is Cn1cc(-c2ccc3c(C(=O)Nc4cc(S(F)(F)(F)(F)F)ccc4F)coc3c2Cl)c2c(N)ncnc21. The van der Waals surface area contributed by atoms with Gasteiger partial charge in [0.1, 0.15) is 34.8 Å². The van der Waals surface area contributed by atoms with E-state index in [4.69, 9.17) is 21.8 Å². The van der Waals surface area contributed by atoms with Crippen molar-refractivity contribution in [1.82, 2.24) is 14.5 Å². The summed E-state index contributed by atoms with van der Waals surface area (Å²) in [5, 5.41) is 2.62. The molecular formula is C22H14ClF6N5O2S. The fourth-order valence-corrected chi connectivity index (χ4v) is 4.89. The Bertz CT molecular complexity index is 1770. The molecule has 0 saturated carbocycles. The molecule has 3 N–H and O–H groups in total. The molecule has 15 heteroatoms. The minimum Gasteiger partial charge on any atom is -0.462 e. The van der Waals surface area contributed by atoms with Gasteiger partial charge in [-0.25, -0.2) is 14.4 Å². The Balaban J connectivity index is 1.55. The molecule has 5 rings (SSSR count). The van der Waals surface area contributed by atoms with E-state index < -0.39 is 32.5 Å². The maximum atomic E-state index is 14.1. The number of furan rings is 1. The van der Waals surface area contributed by atoms with Crippen molar-refractivity contribution < 1.29 is 33.0 Å². The number of nitrogens with one attached hydrogen (secondary N) is 1. The number of benzene rings is 2. The van der Waals surface area contributed by atoms with Gasteiger partial charge in [-0.2, -0.15) is 0 Å². The van der Waals surface area contributed by atoms with Gasteiger partial charge >= 0.3 is 10.2 Å². The summed E-state index contributed by atoms with van der Waals surface area (Å²) in [6, 6.07) is 2.95. The summed E-state index contributed by atoms with van der Waals surface area (Å²) in [5.74, 6) is -2.25. The van der Waals surface area contributed by atoms with Gasteiger partial charge in [-0.1, -0.05) is 37.1 Å². The fraction of sp³-hybridized carbons (Fsp3) is 0.0455. The summed E-state index contributed by atoms with van der Waals surface area (Å²) in [6.45, 7) is 0. The number of carbonyl (C=O) groups is 1. The van der Waals surface area contributed by atoms with Gasteiger partial charge in [-0.3, -0.25) is 4.79 Å². The van der Waals surface area contributed by atoms with Crippen LogP contribution in [0.5, 0.6) is 0 Å². The average Bonchev–Trinajstić information content (AvgIpc) is 3.37. The predicted octanol–water partition coefficient (Wildman–Crippen LogP) is 7.67. The molecule has 0 aliphatic rings. The van der Waals surface area contributed by atoms with Gasteiger partial charge in [0.15, 0.2) is 5.58 Å². The number of nitrogen functional groups attached to an aromatic ring is 1. The van der Waals surface area contributed by atoms with Crippen molar-refractivity contribution in [3.63, 3.8) is 0 Å². The summed E-state index contributed by atoms with van der Waals surface area (Å²) < 4.78 is 87.0. The fourth-order valence-electron chi connectivity index (χ4n) is 3.92. The summed E-state index contributed by atoms with van der Waals surface area (Å²) in [6.07, 6.45) is 3.98. The highest BCUT2D eigenvalue weighted by molar-refractivity contribution is 8.45. The topological polar surface area (TPSA) is 99.0 Å². The van der Waals surface area contributed by atoms with Crippen molar-refractivity contribution in [1.29, 1.82) is 0 Å². The number of rotatable bonds is 4. The number of amides is 1. The van der Waals surface area contributed by atoms with E-state index in [1.54, 1.807) is 23.9 Å². The summed E-state index contributed by atoms with van der Waals surface area (Å²) in [4.78, 5) is 18.6. The molecule has 1 amide bonds. The highest BCUT2D eigenvalue weighted by Gasteiger charge is 2.65. The van der Waals surface area contributed by atoms with E-state index in [2.05, 4.69) is 9.97 Å². The van der Waals surface area contributed by atoms with Crippen LogP contribution in [0, 0.1) is 5.82 Å². The van der Waals surface area contributed by atoms with Crippen LogP contribution in [-0.2, 0) is 7.05 Å². The van der Waals surface area contributed by atoms with E-state index in [0.29, 0.717) is 22.2 Å². The summed E-state index contributed by atoms with van der Waals surface area (Å²) in [7, 11) is -8.37. The number of aryl methyl sites for hydroxylation is 1. The summed E-state index contributed by atoms with van der Waals surface area (Å²) in [5.41, 5.74) is 6.32. The van der Waals surface area contributed by atoms with E-state index >= 15 is 0 Å². The lowest BCUT2D eigenvalue weighted by atomic mass is 10.0. The molecule has 0 aliphatic heterocycles. The Morgan fingerprint density at radius 3 is 2.54 bits per heavy atom. The third-order valence-electron chi connectivity index (χ3n) is 5.63. The van der Waals surface area contributed by atoms with Crippen molar-refractivity contribution in [3.05, 3.63) is 65.5 Å². The molecule has 194 valence electrons. The number of fused-ring (bicyclic) bond motifs is 2. The lowest BCUT2D eigenvalue weighted by molar-refractivity contribution is 0.102. The second-order valence-corrected chi connectivity index (χ2v) is 10.9. The molecule has 0 unspecified atom stereocenters. The highest BCUT2D eigenvalue weighted by Crippen LogP contribution is 3.02. The number of halogens is 7. The molecule has 3 heterocycles. The first kappa shape index (κ1) is 24.8. The van der Waals surface area contributed by atoms with E-state index in [-0.39, 0.29) is 45.6 Å². The zero-order valence-electron chi connectivity index (χ0n) is 18.4. The molecule has 7 nitrogen and oxygen atoms in total. The molecule has 2 aromatic carbocycles. The minimum atomic E-state index is -10.1. The average molecular weight is 562 g/mol. The van der Waals surface area contributed by atoms with E-state index in [1.807, 2.05) is 5.32 Å². The molecule has 37 heavy (non-hydrogen) atoms. The van der Waals surface area contributed by atoms with Crippen molar-refractivity contribution in [3.8, 4) is 11.1 Å². The molecule has 0 atom stereocenters. The Hall–Kier alpha value is -3.91. The highest BCUT2D eigenvalue weighted by atomic mass is 35.5. The molecule has 0 spiro atoms. The number of carbonyl (C=O) groups excluding carboxylic acids is 1. The number of hydrogen-bond acceptors (Lipinski definition) is 5. The number of nitrogens with two attached hydrogens (primary N) is 1. The summed E-state index contributed by atoms with van der Waals surface area (Å²) >= 11 is 6.56. The number of anilines is 2. The molecule has 0 radical (unpaired) electrons. The molecule has 0 fully saturated rings. The van der Waals surface area contributed by atoms with Crippen LogP contribution in [0.15, 0.2) is 58.4 Å². The molecule has 0 bridgehead atoms. The van der Waals surface area contributed by atoms with Gasteiger partial charge in [0.25, 0.3) is 5.91 Å². The molecular weight excluding hydrogens is 548 g/mol. The first-order valence-electron chi connectivity index (χ1n) is 10.2. The van der Waals surface area contributed by atoms with Crippen LogP contribution in [0.1, 0.15) is 10.4 Å². The van der Waals surface area contributed by atoms with Crippen molar-refractivity contribution in [2.45, 2.75) is 4.90 Å².